The van der Waals surface area contributed by atoms with E-state index in [2.05, 4.69) is 57.3 Å². The molecule has 0 fully saturated rings. The summed E-state index contributed by atoms with van der Waals surface area (Å²) < 4.78 is 6.05. The molecule has 0 spiro atoms. The summed E-state index contributed by atoms with van der Waals surface area (Å²) in [4.78, 5) is 0. The number of ether oxygens (including phenoxy) is 1. The molecule has 0 bridgehead atoms. The number of benzene rings is 1. The number of para-hydroxylation sites is 1. The largest absolute Gasteiger partial charge is 0.488 e. The molecular weight excluding hydrogens is 222 g/mol. The molecule has 1 unspecified atom stereocenters. The second-order valence-electron chi connectivity index (χ2n) is 6.35. The minimum Gasteiger partial charge on any atom is -0.488 e. The molecule has 0 saturated heterocycles. The minimum absolute atomic E-state index is 0.0570. The zero-order valence-electron chi connectivity index (χ0n) is 12.0. The summed E-state index contributed by atoms with van der Waals surface area (Å²) >= 11 is 0. The van der Waals surface area contributed by atoms with Gasteiger partial charge in [-0.3, -0.25) is 0 Å². The fourth-order valence-electron chi connectivity index (χ4n) is 2.68. The average Bonchev–Trinajstić information content (AvgIpc) is 2.27. The first-order chi connectivity index (χ1) is 8.48. The Hall–Kier alpha value is -1.02. The molecule has 0 aromatic heterocycles. The van der Waals surface area contributed by atoms with Crippen LogP contribution in [0.1, 0.15) is 45.6 Å². The van der Waals surface area contributed by atoms with Crippen LogP contribution < -0.4 is 10.1 Å². The molecule has 2 heteroatoms. The standard InChI is InChI=1S/C16H25NO/c1-12(2)10-17-11-13-9-16(3,4)18-15-8-6-5-7-14(13)15/h5-8,12-13,17H,9-11H2,1-4H3. The molecule has 0 amide bonds. The predicted molar refractivity (Wildman–Crippen MR) is 76.2 cm³/mol. The van der Waals surface area contributed by atoms with E-state index in [1.807, 2.05) is 0 Å². The number of nitrogens with one attached hydrogen (secondary N) is 1. The van der Waals surface area contributed by atoms with Crippen LogP contribution >= 0.6 is 0 Å². The van der Waals surface area contributed by atoms with Gasteiger partial charge in [-0.05, 0) is 44.4 Å². The van der Waals surface area contributed by atoms with Crippen LogP contribution in [0.3, 0.4) is 0 Å². The van der Waals surface area contributed by atoms with Crippen molar-refractivity contribution in [3.8, 4) is 5.75 Å². The predicted octanol–water partition coefficient (Wildman–Crippen LogP) is 3.58. The molecule has 1 atom stereocenters. The van der Waals surface area contributed by atoms with Gasteiger partial charge >= 0.3 is 0 Å². The highest BCUT2D eigenvalue weighted by Crippen LogP contribution is 2.40. The van der Waals surface area contributed by atoms with Crippen molar-refractivity contribution < 1.29 is 4.74 Å². The van der Waals surface area contributed by atoms with Crippen molar-refractivity contribution in [3.05, 3.63) is 29.8 Å². The van der Waals surface area contributed by atoms with Crippen LogP contribution in [0.25, 0.3) is 0 Å². The lowest BCUT2D eigenvalue weighted by Gasteiger charge is -2.37. The van der Waals surface area contributed by atoms with Gasteiger partial charge < -0.3 is 10.1 Å². The normalized spacial score (nSPS) is 21.5. The highest BCUT2D eigenvalue weighted by molar-refractivity contribution is 5.39. The lowest BCUT2D eigenvalue weighted by atomic mass is 9.84. The third-order valence-electron chi connectivity index (χ3n) is 3.43. The van der Waals surface area contributed by atoms with Crippen molar-refractivity contribution in [1.29, 1.82) is 0 Å². The van der Waals surface area contributed by atoms with Gasteiger partial charge in [0.25, 0.3) is 0 Å². The van der Waals surface area contributed by atoms with Crippen LogP contribution in [0.2, 0.25) is 0 Å². The van der Waals surface area contributed by atoms with Crippen molar-refractivity contribution >= 4 is 0 Å². The smallest absolute Gasteiger partial charge is 0.123 e. The molecule has 1 aliphatic rings. The Labute approximate surface area is 111 Å². The summed E-state index contributed by atoms with van der Waals surface area (Å²) in [5, 5.41) is 3.58. The number of hydrogen-bond donors (Lipinski definition) is 1. The van der Waals surface area contributed by atoms with E-state index in [1.54, 1.807) is 0 Å². The van der Waals surface area contributed by atoms with Gasteiger partial charge in [-0.15, -0.1) is 0 Å². The molecule has 18 heavy (non-hydrogen) atoms. The second-order valence-corrected chi connectivity index (χ2v) is 6.35. The van der Waals surface area contributed by atoms with Crippen molar-refractivity contribution in [2.45, 2.75) is 45.6 Å². The second kappa shape index (κ2) is 5.31. The molecule has 1 aromatic rings. The molecule has 0 aliphatic carbocycles. The van der Waals surface area contributed by atoms with E-state index in [9.17, 15) is 0 Å². The van der Waals surface area contributed by atoms with Gasteiger partial charge in [-0.1, -0.05) is 32.0 Å². The molecule has 100 valence electrons. The van der Waals surface area contributed by atoms with E-state index in [4.69, 9.17) is 4.74 Å². The molecule has 2 rings (SSSR count). The number of fused-ring (bicyclic) bond motifs is 1. The van der Waals surface area contributed by atoms with Crippen LogP contribution in [0.4, 0.5) is 0 Å². The van der Waals surface area contributed by atoms with E-state index in [1.165, 1.54) is 5.56 Å². The maximum absolute atomic E-state index is 6.05. The van der Waals surface area contributed by atoms with E-state index < -0.39 is 0 Å². The zero-order chi connectivity index (χ0) is 13.2. The van der Waals surface area contributed by atoms with Crippen molar-refractivity contribution in [2.24, 2.45) is 5.92 Å². The van der Waals surface area contributed by atoms with E-state index >= 15 is 0 Å². The van der Waals surface area contributed by atoms with Crippen LogP contribution in [0.5, 0.6) is 5.75 Å². The Morgan fingerprint density at radius 2 is 2.06 bits per heavy atom. The quantitative estimate of drug-likeness (QED) is 0.878. The van der Waals surface area contributed by atoms with Gasteiger partial charge in [0, 0.05) is 12.5 Å². The average molecular weight is 247 g/mol. The molecule has 1 heterocycles. The molecule has 0 saturated carbocycles. The molecule has 2 nitrogen and oxygen atoms in total. The summed E-state index contributed by atoms with van der Waals surface area (Å²) in [5.41, 5.74) is 1.30. The minimum atomic E-state index is -0.0570. The third-order valence-corrected chi connectivity index (χ3v) is 3.43. The number of rotatable bonds is 4. The summed E-state index contributed by atoms with van der Waals surface area (Å²) in [6, 6.07) is 8.45. The van der Waals surface area contributed by atoms with Gasteiger partial charge in [0.1, 0.15) is 11.4 Å². The summed E-state index contributed by atoms with van der Waals surface area (Å²) in [6.07, 6.45) is 1.08. The Balaban J connectivity index is 2.09. The van der Waals surface area contributed by atoms with Gasteiger partial charge in [0.2, 0.25) is 0 Å². The molecule has 1 N–H and O–H groups in total. The summed E-state index contributed by atoms with van der Waals surface area (Å²) in [5.74, 6) is 2.32. The topological polar surface area (TPSA) is 21.3 Å². The van der Waals surface area contributed by atoms with Crippen LogP contribution in [0.15, 0.2) is 24.3 Å². The van der Waals surface area contributed by atoms with E-state index in [0.717, 1.165) is 25.3 Å². The Kier molecular flexibility index (Phi) is 3.96. The molecular formula is C16H25NO. The molecule has 1 aromatic carbocycles. The highest BCUT2D eigenvalue weighted by atomic mass is 16.5. The molecule has 1 aliphatic heterocycles. The maximum Gasteiger partial charge on any atom is 0.123 e. The van der Waals surface area contributed by atoms with Crippen LogP contribution in [-0.4, -0.2) is 18.7 Å². The van der Waals surface area contributed by atoms with Crippen molar-refractivity contribution in [3.63, 3.8) is 0 Å². The zero-order valence-corrected chi connectivity index (χ0v) is 12.0. The Morgan fingerprint density at radius 3 is 2.78 bits per heavy atom. The van der Waals surface area contributed by atoms with Gasteiger partial charge in [-0.2, -0.15) is 0 Å². The van der Waals surface area contributed by atoms with Gasteiger partial charge in [-0.25, -0.2) is 0 Å². The monoisotopic (exact) mass is 247 g/mol. The lowest BCUT2D eigenvalue weighted by molar-refractivity contribution is 0.0717. The van der Waals surface area contributed by atoms with E-state index in [-0.39, 0.29) is 5.60 Å². The first kappa shape index (κ1) is 13.4. The van der Waals surface area contributed by atoms with Crippen LogP contribution in [-0.2, 0) is 0 Å². The SMILES string of the molecule is CC(C)CNCC1CC(C)(C)Oc2ccccc21. The van der Waals surface area contributed by atoms with Crippen molar-refractivity contribution in [1.82, 2.24) is 5.32 Å². The van der Waals surface area contributed by atoms with E-state index in [0.29, 0.717) is 11.8 Å². The number of hydrogen-bond acceptors (Lipinski definition) is 2. The highest BCUT2D eigenvalue weighted by Gasteiger charge is 2.33. The first-order valence-electron chi connectivity index (χ1n) is 6.96. The van der Waals surface area contributed by atoms with Gasteiger partial charge in [0.15, 0.2) is 0 Å². The Morgan fingerprint density at radius 1 is 1.33 bits per heavy atom. The Bertz CT molecular complexity index is 398. The molecule has 0 radical (unpaired) electrons. The van der Waals surface area contributed by atoms with Gasteiger partial charge in [0.05, 0.1) is 0 Å². The van der Waals surface area contributed by atoms with Crippen LogP contribution in [0, 0.1) is 5.92 Å². The summed E-state index contributed by atoms with van der Waals surface area (Å²) in [6.45, 7) is 11.0. The fourth-order valence-corrected chi connectivity index (χ4v) is 2.68. The third kappa shape index (κ3) is 3.26. The summed E-state index contributed by atoms with van der Waals surface area (Å²) in [7, 11) is 0. The maximum atomic E-state index is 6.05. The fraction of sp³-hybridized carbons (Fsp3) is 0.625. The van der Waals surface area contributed by atoms with Crippen molar-refractivity contribution in [2.75, 3.05) is 13.1 Å². The first-order valence-corrected chi connectivity index (χ1v) is 6.96. The lowest BCUT2D eigenvalue weighted by Crippen LogP contribution is -2.38.